The van der Waals surface area contributed by atoms with Gasteiger partial charge in [-0.1, -0.05) is 37.5 Å². The number of rotatable bonds is 6. The lowest BCUT2D eigenvalue weighted by atomic mass is 9.89. The molecule has 27 heavy (non-hydrogen) atoms. The van der Waals surface area contributed by atoms with E-state index in [1.807, 2.05) is 0 Å². The molecule has 0 radical (unpaired) electrons. The summed E-state index contributed by atoms with van der Waals surface area (Å²) in [6.07, 6.45) is 14.7. The molecule has 1 aromatic carbocycles. The number of hydrogen-bond donors (Lipinski definition) is 1. The zero-order valence-corrected chi connectivity index (χ0v) is 17.1. The monoisotopic (exact) mass is 367 g/mol. The van der Waals surface area contributed by atoms with E-state index in [1.54, 1.807) is 0 Å². The Morgan fingerprint density at radius 1 is 1.04 bits per heavy atom. The first-order valence-corrected chi connectivity index (χ1v) is 11.2. The number of nitrogens with zero attached hydrogens (tertiary/aromatic N) is 2. The van der Waals surface area contributed by atoms with Crippen molar-refractivity contribution in [1.29, 1.82) is 0 Å². The summed E-state index contributed by atoms with van der Waals surface area (Å²) in [4.78, 5) is 5.27. The van der Waals surface area contributed by atoms with Crippen LogP contribution in [-0.2, 0) is 0 Å². The van der Waals surface area contributed by atoms with Crippen molar-refractivity contribution in [3.05, 3.63) is 35.4 Å². The second-order valence-corrected chi connectivity index (χ2v) is 9.09. The summed E-state index contributed by atoms with van der Waals surface area (Å²) < 4.78 is 0. The lowest BCUT2D eigenvalue weighted by Gasteiger charge is -2.38. The molecule has 148 valence electrons. The van der Waals surface area contributed by atoms with Gasteiger partial charge in [0.25, 0.3) is 0 Å². The van der Waals surface area contributed by atoms with Crippen LogP contribution in [0.1, 0.15) is 69.0 Å². The molecule has 0 bridgehead atoms. The summed E-state index contributed by atoms with van der Waals surface area (Å²) in [5.41, 5.74) is 10.2. The van der Waals surface area contributed by atoms with E-state index in [0.717, 1.165) is 24.9 Å². The molecule has 0 unspecified atom stereocenters. The maximum Gasteiger partial charge on any atom is 0.0373 e. The minimum atomic E-state index is 0.0882. The van der Waals surface area contributed by atoms with Crippen LogP contribution in [0.2, 0.25) is 0 Å². The van der Waals surface area contributed by atoms with Crippen LogP contribution in [-0.4, -0.2) is 37.6 Å². The minimum Gasteiger partial charge on any atom is -0.369 e. The fourth-order valence-corrected chi connectivity index (χ4v) is 4.77. The molecular weight excluding hydrogens is 330 g/mol. The molecule has 1 saturated heterocycles. The molecule has 0 amide bonds. The van der Waals surface area contributed by atoms with E-state index in [4.69, 9.17) is 5.73 Å². The van der Waals surface area contributed by atoms with Gasteiger partial charge in [0.2, 0.25) is 0 Å². The van der Waals surface area contributed by atoms with Crippen molar-refractivity contribution in [2.24, 2.45) is 17.6 Å². The number of anilines is 1. The molecule has 1 atom stereocenters. The summed E-state index contributed by atoms with van der Waals surface area (Å²) in [7, 11) is 0. The van der Waals surface area contributed by atoms with Crippen molar-refractivity contribution in [2.75, 3.05) is 37.6 Å². The first kappa shape index (κ1) is 19.0. The molecule has 2 saturated carbocycles. The molecule has 3 fully saturated rings. The molecule has 4 rings (SSSR count). The Labute approximate surface area is 165 Å². The van der Waals surface area contributed by atoms with Gasteiger partial charge in [-0.15, -0.1) is 0 Å². The van der Waals surface area contributed by atoms with Gasteiger partial charge in [-0.25, -0.2) is 0 Å². The van der Waals surface area contributed by atoms with Gasteiger partial charge in [0.15, 0.2) is 0 Å². The lowest BCUT2D eigenvalue weighted by Crippen LogP contribution is -2.48. The molecule has 1 aliphatic heterocycles. The fourth-order valence-electron chi connectivity index (χ4n) is 4.77. The van der Waals surface area contributed by atoms with Crippen molar-refractivity contribution in [3.63, 3.8) is 0 Å². The van der Waals surface area contributed by atoms with Crippen LogP contribution in [0.4, 0.5) is 5.69 Å². The topological polar surface area (TPSA) is 32.5 Å². The molecular formula is C24H37N3. The smallest absolute Gasteiger partial charge is 0.0373 e. The largest absolute Gasteiger partial charge is 0.369 e. The van der Waals surface area contributed by atoms with Crippen LogP contribution in [0.25, 0.3) is 6.08 Å². The Bertz CT molecular complexity index is 633. The third-order valence-electron chi connectivity index (χ3n) is 6.71. The lowest BCUT2D eigenvalue weighted by molar-refractivity contribution is 0.192. The molecule has 1 heterocycles. The van der Waals surface area contributed by atoms with Crippen LogP contribution in [0.15, 0.2) is 24.3 Å². The number of benzene rings is 1. The minimum absolute atomic E-state index is 0.0882. The Hall–Kier alpha value is -1.32. The average Bonchev–Trinajstić information content (AvgIpc) is 3.52. The van der Waals surface area contributed by atoms with Gasteiger partial charge in [0.1, 0.15) is 0 Å². The predicted molar refractivity (Wildman–Crippen MR) is 116 cm³/mol. The van der Waals surface area contributed by atoms with E-state index in [0.29, 0.717) is 0 Å². The molecule has 3 heteroatoms. The molecule has 3 aliphatic rings. The first-order chi connectivity index (χ1) is 13.2. The highest BCUT2D eigenvalue weighted by Crippen LogP contribution is 2.32. The summed E-state index contributed by atoms with van der Waals surface area (Å²) >= 11 is 0. The Kier molecular flexibility index (Phi) is 6.19. The standard InChI is InChI=1S/C24H37N3/c1-19(25)24-12-11-23(17-22(24)10-9-20-7-8-20)27-15-13-26(14-16-27)18-21-5-3-2-4-6-21/h9-12,17,19-21H,2-8,13-16,18,25H2,1H3/b10-9+/t19-/m0/s1. The van der Waals surface area contributed by atoms with Crippen molar-refractivity contribution in [3.8, 4) is 0 Å². The Morgan fingerprint density at radius 3 is 2.44 bits per heavy atom. The second-order valence-electron chi connectivity index (χ2n) is 9.09. The van der Waals surface area contributed by atoms with Gasteiger partial charge in [0, 0.05) is 44.5 Å². The second kappa shape index (κ2) is 8.79. The first-order valence-electron chi connectivity index (χ1n) is 11.2. The van der Waals surface area contributed by atoms with Gasteiger partial charge in [-0.05, 0) is 67.7 Å². The number of allylic oxidation sites excluding steroid dienone is 1. The van der Waals surface area contributed by atoms with Crippen LogP contribution in [0.3, 0.4) is 0 Å². The van der Waals surface area contributed by atoms with E-state index in [9.17, 15) is 0 Å². The molecule has 1 aromatic rings. The van der Waals surface area contributed by atoms with Gasteiger partial charge in [0.05, 0.1) is 0 Å². The third kappa shape index (κ3) is 5.14. The highest BCUT2D eigenvalue weighted by molar-refractivity contribution is 5.63. The fraction of sp³-hybridized carbons (Fsp3) is 0.667. The number of piperazine rings is 1. The van der Waals surface area contributed by atoms with E-state index in [1.165, 1.54) is 81.4 Å². The van der Waals surface area contributed by atoms with E-state index >= 15 is 0 Å². The zero-order valence-electron chi connectivity index (χ0n) is 17.1. The van der Waals surface area contributed by atoms with Crippen molar-refractivity contribution in [2.45, 2.75) is 57.9 Å². The highest BCUT2D eigenvalue weighted by Gasteiger charge is 2.22. The van der Waals surface area contributed by atoms with Gasteiger partial charge in [-0.3, -0.25) is 4.90 Å². The number of nitrogens with two attached hydrogens (primary N) is 1. The number of hydrogen-bond acceptors (Lipinski definition) is 3. The summed E-state index contributed by atoms with van der Waals surface area (Å²) in [5.74, 6) is 1.76. The summed E-state index contributed by atoms with van der Waals surface area (Å²) in [6, 6.07) is 6.99. The van der Waals surface area contributed by atoms with E-state index in [-0.39, 0.29) is 6.04 Å². The van der Waals surface area contributed by atoms with Crippen LogP contribution in [0.5, 0.6) is 0 Å². The SMILES string of the molecule is C[C@H](N)c1ccc(N2CCN(CC3CCCCC3)CC2)cc1/C=C/C1CC1. The summed E-state index contributed by atoms with van der Waals surface area (Å²) in [5, 5.41) is 0. The normalized spacial score (nSPS) is 23.9. The molecule has 2 aliphatic carbocycles. The van der Waals surface area contributed by atoms with Crippen molar-refractivity contribution < 1.29 is 0 Å². The Morgan fingerprint density at radius 2 is 1.78 bits per heavy atom. The van der Waals surface area contributed by atoms with Gasteiger partial charge >= 0.3 is 0 Å². The summed E-state index contributed by atoms with van der Waals surface area (Å²) in [6.45, 7) is 8.13. The van der Waals surface area contributed by atoms with Crippen molar-refractivity contribution >= 4 is 11.8 Å². The van der Waals surface area contributed by atoms with Gasteiger partial charge in [-0.2, -0.15) is 0 Å². The predicted octanol–water partition coefficient (Wildman–Crippen LogP) is 4.83. The third-order valence-corrected chi connectivity index (χ3v) is 6.71. The van der Waals surface area contributed by atoms with Crippen LogP contribution < -0.4 is 10.6 Å². The van der Waals surface area contributed by atoms with E-state index < -0.39 is 0 Å². The highest BCUT2D eigenvalue weighted by atomic mass is 15.3. The maximum absolute atomic E-state index is 6.22. The maximum atomic E-state index is 6.22. The molecule has 0 aromatic heterocycles. The van der Waals surface area contributed by atoms with E-state index in [2.05, 4.69) is 47.1 Å². The van der Waals surface area contributed by atoms with Crippen molar-refractivity contribution in [1.82, 2.24) is 4.90 Å². The Balaban J connectivity index is 1.37. The zero-order chi connectivity index (χ0) is 18.6. The average molecular weight is 368 g/mol. The van der Waals surface area contributed by atoms with Gasteiger partial charge < -0.3 is 10.6 Å². The van der Waals surface area contributed by atoms with Crippen LogP contribution in [0, 0.1) is 11.8 Å². The molecule has 2 N–H and O–H groups in total. The molecule has 0 spiro atoms. The van der Waals surface area contributed by atoms with Crippen LogP contribution >= 0.6 is 0 Å². The quantitative estimate of drug-likeness (QED) is 0.781. The molecule has 3 nitrogen and oxygen atoms in total.